The topological polar surface area (TPSA) is 39.2 Å². The van der Waals surface area contributed by atoms with E-state index in [2.05, 4.69) is 4.98 Å². The molecule has 120 valence electrons. The average Bonchev–Trinajstić information content (AvgIpc) is 2.89. The minimum absolute atomic E-state index is 0.0263. The monoisotopic (exact) mass is 319 g/mol. The number of hydrogen-bond donors (Lipinski definition) is 0. The van der Waals surface area contributed by atoms with Gasteiger partial charge in [0.1, 0.15) is 0 Å². The Morgan fingerprint density at radius 3 is 2.50 bits per heavy atom. The Morgan fingerprint density at radius 1 is 1.23 bits per heavy atom. The fourth-order valence-corrected chi connectivity index (χ4v) is 6.13. The number of hydrogen-bond acceptors (Lipinski definition) is 4. The molecule has 4 fully saturated rings. The van der Waals surface area contributed by atoms with Crippen LogP contribution in [0, 0.1) is 36.5 Å². The van der Waals surface area contributed by atoms with E-state index in [1.165, 1.54) is 37.0 Å². The van der Waals surface area contributed by atoms with Crippen molar-refractivity contribution in [3.63, 3.8) is 0 Å². The molecule has 22 heavy (non-hydrogen) atoms. The number of aryl methyl sites for hydroxylation is 2. The van der Waals surface area contributed by atoms with Gasteiger partial charge >= 0.3 is 5.97 Å². The van der Waals surface area contributed by atoms with Gasteiger partial charge in [-0.15, -0.1) is 11.3 Å². The third kappa shape index (κ3) is 2.82. The van der Waals surface area contributed by atoms with E-state index in [4.69, 9.17) is 4.74 Å². The quantitative estimate of drug-likeness (QED) is 0.770. The molecule has 0 radical (unpaired) electrons. The molecule has 0 spiro atoms. The van der Waals surface area contributed by atoms with Crippen molar-refractivity contribution in [1.29, 1.82) is 0 Å². The minimum Gasteiger partial charge on any atom is -0.465 e. The predicted octanol–water partition coefficient (Wildman–Crippen LogP) is 4.00. The summed E-state index contributed by atoms with van der Waals surface area (Å²) in [6.45, 7) is 2.68. The highest BCUT2D eigenvalue weighted by atomic mass is 32.1. The third-order valence-electron chi connectivity index (χ3n) is 6.26. The van der Waals surface area contributed by atoms with Gasteiger partial charge in [0.05, 0.1) is 24.2 Å². The van der Waals surface area contributed by atoms with E-state index in [-0.39, 0.29) is 5.97 Å². The molecular weight excluding hydrogens is 294 g/mol. The first-order valence-corrected chi connectivity index (χ1v) is 9.61. The molecule has 4 bridgehead atoms. The lowest BCUT2D eigenvalue weighted by molar-refractivity contribution is -0.150. The molecule has 4 saturated carbocycles. The molecule has 0 aromatic carbocycles. The maximum absolute atomic E-state index is 12.0. The molecule has 0 N–H and O–H groups in total. The second kappa shape index (κ2) is 5.95. The summed E-state index contributed by atoms with van der Waals surface area (Å²) in [6.07, 6.45) is 8.34. The van der Waals surface area contributed by atoms with Crippen LogP contribution in [-0.4, -0.2) is 17.6 Å². The van der Waals surface area contributed by atoms with Gasteiger partial charge < -0.3 is 4.74 Å². The average molecular weight is 319 g/mol. The highest BCUT2D eigenvalue weighted by Crippen LogP contribution is 2.56. The fourth-order valence-electron chi connectivity index (χ4n) is 5.35. The summed E-state index contributed by atoms with van der Waals surface area (Å²) in [5, 5.41) is 0. The molecule has 4 aliphatic rings. The number of thiazole rings is 1. The van der Waals surface area contributed by atoms with Gasteiger partial charge in [-0.25, -0.2) is 4.98 Å². The number of carbonyl (C=O) groups excluding carboxylic acids is 1. The van der Waals surface area contributed by atoms with Crippen LogP contribution in [0.4, 0.5) is 0 Å². The lowest BCUT2D eigenvalue weighted by atomic mass is 9.52. The summed E-state index contributed by atoms with van der Waals surface area (Å²) >= 11 is 1.64. The highest BCUT2D eigenvalue weighted by Gasteiger charge is 2.48. The summed E-state index contributed by atoms with van der Waals surface area (Å²) in [6, 6.07) is 0. The van der Waals surface area contributed by atoms with Crippen molar-refractivity contribution in [2.24, 2.45) is 29.6 Å². The van der Waals surface area contributed by atoms with Crippen molar-refractivity contribution in [2.75, 3.05) is 6.61 Å². The van der Waals surface area contributed by atoms with Crippen LogP contribution in [0.2, 0.25) is 0 Å². The zero-order valence-corrected chi connectivity index (χ0v) is 14.1. The van der Waals surface area contributed by atoms with Crippen LogP contribution < -0.4 is 0 Å². The molecule has 4 aliphatic carbocycles. The van der Waals surface area contributed by atoms with E-state index >= 15 is 0 Å². The number of nitrogens with zero attached hydrogens (tertiary/aromatic N) is 1. The second-order valence-corrected chi connectivity index (χ2v) is 8.58. The van der Waals surface area contributed by atoms with E-state index < -0.39 is 0 Å². The Balaban J connectivity index is 1.26. The molecule has 0 atom stereocenters. The Morgan fingerprint density at radius 2 is 1.91 bits per heavy atom. The maximum atomic E-state index is 12.0. The maximum Gasteiger partial charge on any atom is 0.306 e. The first-order chi connectivity index (χ1) is 10.7. The Labute approximate surface area is 136 Å². The number of rotatable bonds is 5. The zero-order valence-electron chi connectivity index (χ0n) is 13.3. The molecule has 1 heterocycles. The van der Waals surface area contributed by atoms with E-state index in [0.717, 1.165) is 35.8 Å². The summed E-state index contributed by atoms with van der Waals surface area (Å²) in [7, 11) is 0. The van der Waals surface area contributed by atoms with Gasteiger partial charge in [-0.05, 0) is 75.0 Å². The lowest BCUT2D eigenvalue weighted by Gasteiger charge is -2.54. The molecular formula is C18H25NO2S. The van der Waals surface area contributed by atoms with Crippen LogP contribution in [0.5, 0.6) is 0 Å². The van der Waals surface area contributed by atoms with Gasteiger partial charge in [0, 0.05) is 4.88 Å². The Kier molecular flexibility index (Phi) is 3.97. The number of ether oxygens (including phenoxy) is 1. The van der Waals surface area contributed by atoms with E-state index in [1.807, 2.05) is 12.4 Å². The summed E-state index contributed by atoms with van der Waals surface area (Å²) in [5.41, 5.74) is 2.91. The van der Waals surface area contributed by atoms with Crippen molar-refractivity contribution < 1.29 is 9.53 Å². The first-order valence-electron chi connectivity index (χ1n) is 8.73. The molecule has 0 saturated heterocycles. The summed E-state index contributed by atoms with van der Waals surface area (Å²) in [4.78, 5) is 17.5. The van der Waals surface area contributed by atoms with Gasteiger partial charge in [0.25, 0.3) is 0 Å². The van der Waals surface area contributed by atoms with E-state index in [1.54, 1.807) is 11.3 Å². The van der Waals surface area contributed by atoms with Gasteiger partial charge in [0.2, 0.25) is 0 Å². The van der Waals surface area contributed by atoms with Gasteiger partial charge in [-0.3, -0.25) is 4.79 Å². The van der Waals surface area contributed by atoms with Gasteiger partial charge in [-0.1, -0.05) is 0 Å². The molecule has 0 aliphatic heterocycles. The summed E-state index contributed by atoms with van der Waals surface area (Å²) in [5.74, 6) is 4.29. The van der Waals surface area contributed by atoms with Crippen molar-refractivity contribution in [2.45, 2.75) is 51.9 Å². The largest absolute Gasteiger partial charge is 0.465 e. The van der Waals surface area contributed by atoms with Crippen molar-refractivity contribution >= 4 is 17.3 Å². The van der Waals surface area contributed by atoms with Crippen LogP contribution in [0.3, 0.4) is 0 Å². The Bertz CT molecular complexity index is 525. The summed E-state index contributed by atoms with van der Waals surface area (Å²) < 4.78 is 5.65. The van der Waals surface area contributed by atoms with Crippen LogP contribution in [0.25, 0.3) is 0 Å². The molecule has 1 aromatic rings. The second-order valence-electron chi connectivity index (χ2n) is 7.64. The van der Waals surface area contributed by atoms with Gasteiger partial charge in [0.15, 0.2) is 0 Å². The first kappa shape index (κ1) is 14.7. The smallest absolute Gasteiger partial charge is 0.306 e. The van der Waals surface area contributed by atoms with Crippen LogP contribution in [-0.2, 0) is 16.0 Å². The molecule has 4 heteroatoms. The standard InChI is InChI=1S/C18H25NO2S/c1-11-17(22-10-19-11)2-3-18(20)21-9-16-14-5-12-4-13(7-14)8-15(16)6-12/h10,12-16H,2-9H2,1H3. The van der Waals surface area contributed by atoms with Crippen LogP contribution in [0.15, 0.2) is 5.51 Å². The van der Waals surface area contributed by atoms with E-state index in [9.17, 15) is 4.79 Å². The molecule has 3 nitrogen and oxygen atoms in total. The van der Waals surface area contributed by atoms with Crippen molar-refractivity contribution in [3.8, 4) is 0 Å². The van der Waals surface area contributed by atoms with Crippen LogP contribution >= 0.6 is 11.3 Å². The molecule has 5 rings (SSSR count). The highest BCUT2D eigenvalue weighted by molar-refractivity contribution is 7.09. The molecule has 0 unspecified atom stereocenters. The third-order valence-corrected chi connectivity index (χ3v) is 7.25. The number of esters is 1. The molecule has 1 aromatic heterocycles. The van der Waals surface area contributed by atoms with E-state index in [0.29, 0.717) is 18.9 Å². The number of aromatic nitrogens is 1. The van der Waals surface area contributed by atoms with Crippen molar-refractivity contribution in [1.82, 2.24) is 4.98 Å². The van der Waals surface area contributed by atoms with Crippen molar-refractivity contribution in [3.05, 3.63) is 16.1 Å². The normalized spacial score (nSPS) is 35.8. The zero-order chi connectivity index (χ0) is 15.1. The van der Waals surface area contributed by atoms with Crippen LogP contribution in [0.1, 0.15) is 49.1 Å². The fraction of sp³-hybridized carbons (Fsp3) is 0.778. The van der Waals surface area contributed by atoms with Gasteiger partial charge in [-0.2, -0.15) is 0 Å². The molecule has 0 amide bonds. The number of carbonyl (C=O) groups is 1. The Hall–Kier alpha value is -0.900. The SMILES string of the molecule is Cc1ncsc1CCC(=O)OCC1C2CC3CC(C2)CC1C3. The lowest BCUT2D eigenvalue weighted by Crippen LogP contribution is -2.46. The minimum atomic E-state index is -0.0263. The predicted molar refractivity (Wildman–Crippen MR) is 86.7 cm³/mol.